The molecule has 0 radical (unpaired) electrons. The molecule has 4 heteroatoms. The molecule has 0 saturated heterocycles. The summed E-state index contributed by atoms with van der Waals surface area (Å²) in [5, 5.41) is 3.88. The number of benzene rings is 2. The second-order valence-corrected chi connectivity index (χ2v) is 5.46. The summed E-state index contributed by atoms with van der Waals surface area (Å²) < 4.78 is 2.04. The Labute approximate surface area is 121 Å². The standard InChI is InChI=1S/C16H15N3S/c1-19-14(12-8-4-2-5-9-12)15(20-16(19)18-17)13-10-6-3-7-11-13/h2-11H,17H2,1H3. The molecule has 3 rings (SSSR count). The van der Waals surface area contributed by atoms with Gasteiger partial charge in [0.15, 0.2) is 0 Å². The van der Waals surface area contributed by atoms with Gasteiger partial charge in [-0.05, 0) is 11.1 Å². The van der Waals surface area contributed by atoms with E-state index in [2.05, 4.69) is 29.4 Å². The molecule has 3 nitrogen and oxygen atoms in total. The van der Waals surface area contributed by atoms with E-state index in [9.17, 15) is 0 Å². The monoisotopic (exact) mass is 281 g/mol. The van der Waals surface area contributed by atoms with E-state index in [4.69, 9.17) is 5.84 Å². The van der Waals surface area contributed by atoms with Gasteiger partial charge in [-0.1, -0.05) is 72.0 Å². The fourth-order valence-corrected chi connectivity index (χ4v) is 3.34. The van der Waals surface area contributed by atoms with E-state index in [0.717, 1.165) is 10.5 Å². The normalized spacial score (nSPS) is 11.8. The van der Waals surface area contributed by atoms with Crippen molar-refractivity contribution in [3.63, 3.8) is 0 Å². The lowest BCUT2D eigenvalue weighted by Gasteiger charge is -2.07. The van der Waals surface area contributed by atoms with Crippen molar-refractivity contribution in [2.24, 2.45) is 18.0 Å². The first-order valence-corrected chi connectivity index (χ1v) is 7.17. The van der Waals surface area contributed by atoms with E-state index < -0.39 is 0 Å². The Balaban J connectivity index is 2.31. The highest BCUT2D eigenvalue weighted by Crippen LogP contribution is 2.33. The second kappa shape index (κ2) is 5.35. The molecule has 20 heavy (non-hydrogen) atoms. The summed E-state index contributed by atoms with van der Waals surface area (Å²) >= 11 is 1.61. The van der Waals surface area contributed by atoms with Gasteiger partial charge in [0.25, 0.3) is 0 Å². The Morgan fingerprint density at radius 1 is 0.900 bits per heavy atom. The minimum absolute atomic E-state index is 0.808. The summed E-state index contributed by atoms with van der Waals surface area (Å²) in [5.74, 6) is 5.50. The molecule has 0 unspecified atom stereocenters. The molecule has 0 spiro atoms. The average Bonchev–Trinajstić information content (AvgIpc) is 2.86. The topological polar surface area (TPSA) is 43.3 Å². The number of hydrogen-bond acceptors (Lipinski definition) is 3. The van der Waals surface area contributed by atoms with Gasteiger partial charge in [0.1, 0.15) is 0 Å². The van der Waals surface area contributed by atoms with Gasteiger partial charge in [-0.15, -0.1) is 0 Å². The van der Waals surface area contributed by atoms with Gasteiger partial charge in [0, 0.05) is 7.05 Å². The summed E-state index contributed by atoms with van der Waals surface area (Å²) in [6, 6.07) is 20.6. The Kier molecular flexibility index (Phi) is 3.39. The molecular formula is C16H15N3S. The van der Waals surface area contributed by atoms with Crippen LogP contribution in [-0.4, -0.2) is 4.57 Å². The molecule has 0 bridgehead atoms. The molecule has 0 amide bonds. The van der Waals surface area contributed by atoms with Crippen LogP contribution in [0.25, 0.3) is 21.7 Å². The van der Waals surface area contributed by atoms with Crippen LogP contribution in [0.3, 0.4) is 0 Å². The first-order chi connectivity index (χ1) is 9.81. The van der Waals surface area contributed by atoms with Gasteiger partial charge >= 0.3 is 0 Å². The van der Waals surface area contributed by atoms with E-state index in [1.54, 1.807) is 11.3 Å². The maximum Gasteiger partial charge on any atom is 0.208 e. The van der Waals surface area contributed by atoms with Crippen LogP contribution in [0.2, 0.25) is 0 Å². The van der Waals surface area contributed by atoms with Crippen LogP contribution in [-0.2, 0) is 7.05 Å². The third kappa shape index (κ3) is 2.14. The van der Waals surface area contributed by atoms with Crippen LogP contribution in [0.1, 0.15) is 0 Å². The Hall–Kier alpha value is -2.33. The lowest BCUT2D eigenvalue weighted by Crippen LogP contribution is -2.13. The number of rotatable bonds is 2. The van der Waals surface area contributed by atoms with Crippen LogP contribution in [0.5, 0.6) is 0 Å². The van der Waals surface area contributed by atoms with E-state index in [0.29, 0.717) is 0 Å². The number of thiazole rings is 1. The molecule has 2 N–H and O–H groups in total. The lowest BCUT2D eigenvalue weighted by molar-refractivity contribution is 0.863. The van der Waals surface area contributed by atoms with Crippen LogP contribution < -0.4 is 10.6 Å². The van der Waals surface area contributed by atoms with E-state index in [1.807, 2.05) is 48.0 Å². The zero-order valence-corrected chi connectivity index (χ0v) is 12.0. The fourth-order valence-electron chi connectivity index (χ4n) is 2.27. The second-order valence-electron chi connectivity index (χ2n) is 4.48. The molecular weight excluding hydrogens is 266 g/mol. The minimum atomic E-state index is 0.808. The zero-order valence-electron chi connectivity index (χ0n) is 11.2. The lowest BCUT2D eigenvalue weighted by atomic mass is 10.1. The smallest absolute Gasteiger partial charge is 0.208 e. The number of nitrogens with zero attached hydrogens (tertiary/aromatic N) is 2. The van der Waals surface area contributed by atoms with Crippen LogP contribution in [0, 0.1) is 0 Å². The average molecular weight is 281 g/mol. The van der Waals surface area contributed by atoms with Gasteiger partial charge in [-0.2, -0.15) is 5.10 Å². The van der Waals surface area contributed by atoms with Crippen LogP contribution in [0.15, 0.2) is 65.8 Å². The molecule has 1 heterocycles. The van der Waals surface area contributed by atoms with Crippen LogP contribution in [0.4, 0.5) is 0 Å². The van der Waals surface area contributed by atoms with E-state index in [-0.39, 0.29) is 0 Å². The van der Waals surface area contributed by atoms with Crippen molar-refractivity contribution in [3.8, 4) is 21.7 Å². The molecule has 0 atom stereocenters. The summed E-state index contributed by atoms with van der Waals surface area (Å²) in [4.78, 5) is 1.99. The van der Waals surface area contributed by atoms with Gasteiger partial charge in [0.05, 0.1) is 10.6 Å². The third-order valence-corrected chi connectivity index (χ3v) is 4.42. The molecule has 0 saturated carbocycles. The Morgan fingerprint density at radius 3 is 2.00 bits per heavy atom. The van der Waals surface area contributed by atoms with Gasteiger partial charge in [0.2, 0.25) is 4.80 Å². The highest BCUT2D eigenvalue weighted by atomic mass is 32.1. The molecule has 100 valence electrons. The minimum Gasteiger partial charge on any atom is -0.320 e. The maximum atomic E-state index is 5.50. The van der Waals surface area contributed by atoms with E-state index in [1.165, 1.54) is 16.0 Å². The summed E-state index contributed by atoms with van der Waals surface area (Å²) in [5.41, 5.74) is 3.49. The molecule has 1 aromatic heterocycles. The summed E-state index contributed by atoms with van der Waals surface area (Å²) in [7, 11) is 2.00. The number of nitrogens with two attached hydrogens (primary N) is 1. The molecule has 3 aromatic rings. The number of aromatic nitrogens is 1. The summed E-state index contributed by atoms with van der Waals surface area (Å²) in [6.45, 7) is 0. The number of hydrogen-bond donors (Lipinski definition) is 1. The van der Waals surface area contributed by atoms with Gasteiger partial charge in [-0.25, -0.2) is 0 Å². The van der Waals surface area contributed by atoms with Crippen molar-refractivity contribution in [1.29, 1.82) is 0 Å². The highest BCUT2D eigenvalue weighted by molar-refractivity contribution is 7.13. The van der Waals surface area contributed by atoms with E-state index >= 15 is 0 Å². The first-order valence-electron chi connectivity index (χ1n) is 6.36. The van der Waals surface area contributed by atoms with Crippen molar-refractivity contribution in [2.75, 3.05) is 0 Å². The van der Waals surface area contributed by atoms with Crippen LogP contribution >= 0.6 is 11.3 Å². The molecule has 0 aliphatic carbocycles. The molecule has 2 aromatic carbocycles. The van der Waals surface area contributed by atoms with Crippen molar-refractivity contribution in [3.05, 3.63) is 65.5 Å². The molecule has 0 aliphatic heterocycles. The third-order valence-electron chi connectivity index (χ3n) is 3.22. The van der Waals surface area contributed by atoms with Gasteiger partial charge in [-0.3, -0.25) is 0 Å². The van der Waals surface area contributed by atoms with Crippen molar-refractivity contribution in [1.82, 2.24) is 4.57 Å². The van der Waals surface area contributed by atoms with Crippen molar-refractivity contribution >= 4 is 11.3 Å². The SMILES string of the molecule is Cn1c(-c2ccccc2)c(-c2ccccc2)sc1=NN. The predicted molar refractivity (Wildman–Crippen MR) is 83.9 cm³/mol. The fraction of sp³-hybridized carbons (Fsp3) is 0.0625. The summed E-state index contributed by atoms with van der Waals surface area (Å²) in [6.07, 6.45) is 0. The molecule has 0 aliphatic rings. The zero-order chi connectivity index (χ0) is 13.9. The quantitative estimate of drug-likeness (QED) is 0.569. The first kappa shape index (κ1) is 12.7. The van der Waals surface area contributed by atoms with Gasteiger partial charge < -0.3 is 10.4 Å². The Bertz CT molecular complexity index is 770. The predicted octanol–water partition coefficient (Wildman–Crippen LogP) is 3.20. The largest absolute Gasteiger partial charge is 0.320 e. The Morgan fingerprint density at radius 2 is 1.45 bits per heavy atom. The molecule has 0 fully saturated rings. The van der Waals surface area contributed by atoms with Crippen molar-refractivity contribution in [2.45, 2.75) is 0 Å². The van der Waals surface area contributed by atoms with Crippen molar-refractivity contribution < 1.29 is 0 Å². The highest BCUT2D eigenvalue weighted by Gasteiger charge is 2.14. The maximum absolute atomic E-state index is 5.50.